The third kappa shape index (κ3) is 4.84. The summed E-state index contributed by atoms with van der Waals surface area (Å²) in [6, 6.07) is 6.07. The van der Waals surface area contributed by atoms with Crippen LogP contribution in [-0.4, -0.2) is 53.7 Å². The Labute approximate surface area is 158 Å². The topological polar surface area (TPSA) is 108 Å². The van der Waals surface area contributed by atoms with Gasteiger partial charge in [0.2, 0.25) is 0 Å². The first kappa shape index (κ1) is 20.4. The van der Waals surface area contributed by atoms with E-state index in [4.69, 9.17) is 15.2 Å². The van der Waals surface area contributed by atoms with E-state index >= 15 is 0 Å². The molecule has 26 heavy (non-hydrogen) atoms. The number of non-ortho nitro benzene ring substituents is 1. The predicted molar refractivity (Wildman–Crippen MR) is 97.5 cm³/mol. The number of halogens is 1. The number of ether oxygens (including phenoxy) is 2. The van der Waals surface area contributed by atoms with Gasteiger partial charge in [-0.3, -0.25) is 14.9 Å². The molecule has 1 aromatic rings. The molecule has 2 aliphatic heterocycles. The van der Waals surface area contributed by atoms with Crippen molar-refractivity contribution < 1.29 is 19.2 Å². The molecule has 0 aromatic heterocycles. The Kier molecular flexibility index (Phi) is 7.19. The lowest BCUT2D eigenvalue weighted by atomic mass is 10.1. The van der Waals surface area contributed by atoms with E-state index in [1.54, 1.807) is 12.1 Å². The minimum absolute atomic E-state index is 0. The number of hydrogen-bond donors (Lipinski definition) is 1. The number of likely N-dealkylation sites (tertiary alicyclic amines) is 1. The third-order valence-corrected chi connectivity index (χ3v) is 4.75. The number of hydrogen-bond acceptors (Lipinski definition) is 6. The maximum absolute atomic E-state index is 12.5. The Hall–Kier alpha value is -1.90. The van der Waals surface area contributed by atoms with Gasteiger partial charge in [-0.05, 0) is 25.0 Å². The Balaban J connectivity index is 0.00000243. The van der Waals surface area contributed by atoms with Gasteiger partial charge in [-0.2, -0.15) is 0 Å². The second-order valence-electron chi connectivity index (χ2n) is 6.45. The molecular weight excluding hydrogens is 362 g/mol. The summed E-state index contributed by atoms with van der Waals surface area (Å²) < 4.78 is 11.5. The fraction of sp³-hybridized carbons (Fsp3) is 0.588. The standard InChI is InChI=1S/C17H23N3O5.ClH/c18-11-15-5-6-16(25-15)17(21)19-9-7-14(8-10-19)24-13-3-1-12(2-4-13)20(22)23;/h1-4,14-16H,5-11,18H2;1H/t15-,16+;/m1./s1. The van der Waals surface area contributed by atoms with Crippen molar-refractivity contribution in [1.82, 2.24) is 4.90 Å². The molecule has 0 spiro atoms. The van der Waals surface area contributed by atoms with Gasteiger partial charge in [-0.1, -0.05) is 0 Å². The molecule has 2 heterocycles. The van der Waals surface area contributed by atoms with Gasteiger partial charge in [0.15, 0.2) is 0 Å². The number of nitrogens with two attached hydrogens (primary N) is 1. The highest BCUT2D eigenvalue weighted by Crippen LogP contribution is 2.25. The molecule has 2 atom stereocenters. The summed E-state index contributed by atoms with van der Waals surface area (Å²) in [6.45, 7) is 1.71. The number of nitrogens with zero attached hydrogens (tertiary/aromatic N) is 2. The molecule has 2 N–H and O–H groups in total. The second-order valence-corrected chi connectivity index (χ2v) is 6.45. The Morgan fingerprint density at radius 2 is 1.88 bits per heavy atom. The fourth-order valence-corrected chi connectivity index (χ4v) is 3.30. The number of nitro benzene ring substituents is 1. The van der Waals surface area contributed by atoms with Crippen LogP contribution in [0.3, 0.4) is 0 Å². The SMILES string of the molecule is Cl.NC[C@H]1CC[C@@H](C(=O)N2CCC(Oc3ccc([N+](=O)[O-])cc3)CC2)O1. The average Bonchev–Trinajstić information content (AvgIpc) is 3.11. The van der Waals surface area contributed by atoms with Crippen LogP contribution in [0.25, 0.3) is 0 Å². The van der Waals surface area contributed by atoms with Crippen LogP contribution in [0.5, 0.6) is 5.75 Å². The summed E-state index contributed by atoms with van der Waals surface area (Å²) in [6.07, 6.45) is 2.68. The molecule has 0 saturated carbocycles. The summed E-state index contributed by atoms with van der Waals surface area (Å²) in [5.74, 6) is 0.657. The van der Waals surface area contributed by atoms with E-state index in [0.717, 1.165) is 25.7 Å². The first-order valence-electron chi connectivity index (χ1n) is 8.62. The van der Waals surface area contributed by atoms with E-state index in [1.165, 1.54) is 12.1 Å². The third-order valence-electron chi connectivity index (χ3n) is 4.75. The smallest absolute Gasteiger partial charge is 0.269 e. The zero-order valence-corrected chi connectivity index (χ0v) is 15.2. The van der Waals surface area contributed by atoms with Crippen molar-refractivity contribution in [2.45, 2.75) is 44.0 Å². The molecule has 2 fully saturated rings. The molecule has 0 bridgehead atoms. The quantitative estimate of drug-likeness (QED) is 0.612. The van der Waals surface area contributed by atoms with E-state index in [9.17, 15) is 14.9 Å². The number of rotatable bonds is 5. The minimum atomic E-state index is -0.436. The van der Waals surface area contributed by atoms with Crippen molar-refractivity contribution in [3.63, 3.8) is 0 Å². The van der Waals surface area contributed by atoms with Gasteiger partial charge in [0.05, 0.1) is 11.0 Å². The maximum atomic E-state index is 12.5. The predicted octanol–water partition coefficient (Wildman–Crippen LogP) is 1.89. The monoisotopic (exact) mass is 385 g/mol. The number of carbonyl (C=O) groups is 1. The molecule has 2 saturated heterocycles. The van der Waals surface area contributed by atoms with Gasteiger partial charge in [0.25, 0.3) is 11.6 Å². The van der Waals surface area contributed by atoms with Gasteiger partial charge in [-0.15, -0.1) is 12.4 Å². The molecule has 0 aliphatic carbocycles. The molecule has 8 nitrogen and oxygen atoms in total. The fourth-order valence-electron chi connectivity index (χ4n) is 3.30. The first-order chi connectivity index (χ1) is 12.1. The Morgan fingerprint density at radius 1 is 1.23 bits per heavy atom. The molecule has 1 amide bonds. The van der Waals surface area contributed by atoms with Crippen LogP contribution in [0.1, 0.15) is 25.7 Å². The molecule has 0 unspecified atom stereocenters. The van der Waals surface area contributed by atoms with E-state index in [-0.39, 0.29) is 42.3 Å². The van der Waals surface area contributed by atoms with Crippen molar-refractivity contribution in [3.05, 3.63) is 34.4 Å². The van der Waals surface area contributed by atoms with Crippen molar-refractivity contribution >= 4 is 24.0 Å². The molecule has 144 valence electrons. The summed E-state index contributed by atoms with van der Waals surface area (Å²) in [5.41, 5.74) is 5.63. The van der Waals surface area contributed by atoms with Gasteiger partial charge in [0.1, 0.15) is 18.0 Å². The number of benzene rings is 1. The van der Waals surface area contributed by atoms with Gasteiger partial charge >= 0.3 is 0 Å². The molecule has 0 radical (unpaired) electrons. The Bertz CT molecular complexity index is 619. The van der Waals surface area contributed by atoms with Crippen LogP contribution in [0, 0.1) is 10.1 Å². The van der Waals surface area contributed by atoms with Crippen molar-refractivity contribution in [2.75, 3.05) is 19.6 Å². The lowest BCUT2D eigenvalue weighted by molar-refractivity contribution is -0.384. The van der Waals surface area contributed by atoms with Crippen LogP contribution in [0.2, 0.25) is 0 Å². The number of nitro groups is 1. The number of carbonyl (C=O) groups excluding carboxylic acids is 1. The normalized spacial score (nSPS) is 23.3. The highest BCUT2D eigenvalue weighted by molar-refractivity contribution is 5.85. The maximum Gasteiger partial charge on any atom is 0.269 e. The van der Waals surface area contributed by atoms with Crippen LogP contribution in [0.15, 0.2) is 24.3 Å². The zero-order valence-electron chi connectivity index (χ0n) is 14.4. The first-order valence-corrected chi connectivity index (χ1v) is 8.62. The average molecular weight is 386 g/mol. The lowest BCUT2D eigenvalue weighted by Gasteiger charge is -2.33. The van der Waals surface area contributed by atoms with E-state index in [1.807, 2.05) is 4.90 Å². The minimum Gasteiger partial charge on any atom is -0.490 e. The van der Waals surface area contributed by atoms with Crippen LogP contribution in [-0.2, 0) is 9.53 Å². The van der Waals surface area contributed by atoms with Crippen LogP contribution < -0.4 is 10.5 Å². The van der Waals surface area contributed by atoms with Crippen molar-refractivity contribution in [3.8, 4) is 5.75 Å². The number of piperidine rings is 1. The molecule has 3 rings (SSSR count). The van der Waals surface area contributed by atoms with Crippen molar-refractivity contribution in [2.24, 2.45) is 5.73 Å². The largest absolute Gasteiger partial charge is 0.490 e. The van der Waals surface area contributed by atoms with E-state index in [0.29, 0.717) is 25.4 Å². The summed E-state index contributed by atoms with van der Waals surface area (Å²) >= 11 is 0. The van der Waals surface area contributed by atoms with E-state index in [2.05, 4.69) is 0 Å². The van der Waals surface area contributed by atoms with Gasteiger partial charge < -0.3 is 20.1 Å². The molecule has 2 aliphatic rings. The number of amides is 1. The Morgan fingerprint density at radius 3 is 2.42 bits per heavy atom. The molecular formula is C17H24ClN3O5. The summed E-state index contributed by atoms with van der Waals surface area (Å²) in [4.78, 5) is 24.5. The second kappa shape index (κ2) is 9.16. The summed E-state index contributed by atoms with van der Waals surface area (Å²) in [5, 5.41) is 10.7. The van der Waals surface area contributed by atoms with Crippen LogP contribution in [0.4, 0.5) is 5.69 Å². The molecule has 9 heteroatoms. The van der Waals surface area contributed by atoms with Gasteiger partial charge in [0, 0.05) is 44.6 Å². The highest BCUT2D eigenvalue weighted by Gasteiger charge is 2.34. The lowest BCUT2D eigenvalue weighted by Crippen LogP contribution is -2.46. The van der Waals surface area contributed by atoms with Crippen LogP contribution >= 0.6 is 12.4 Å². The van der Waals surface area contributed by atoms with Crippen molar-refractivity contribution in [1.29, 1.82) is 0 Å². The highest BCUT2D eigenvalue weighted by atomic mass is 35.5. The summed E-state index contributed by atoms with van der Waals surface area (Å²) in [7, 11) is 0. The van der Waals surface area contributed by atoms with E-state index < -0.39 is 4.92 Å². The van der Waals surface area contributed by atoms with Gasteiger partial charge in [-0.25, -0.2) is 0 Å². The zero-order chi connectivity index (χ0) is 17.8. The molecule has 1 aromatic carbocycles.